The number of nitrogens with one attached hydrogen (secondary N) is 2. The number of carbonyl (C=O) groups excluding carboxylic acids is 2. The zero-order valence-electron chi connectivity index (χ0n) is 14.0. The molecule has 0 saturated carbocycles. The highest BCUT2D eigenvalue weighted by molar-refractivity contribution is 7.10. The smallest absolute Gasteiger partial charge is 0.325 e. The molecule has 0 spiro atoms. The standard InChI is InChI=1S/C18H17F3N2O2S/c1-10(24)22-14-7-6-11(18(19,20)21)8-15(14)23-17(25)13-9-26-16-5-3-2-4-12(13)16/h6-9H,2-5H2,1H3,(H,22,24)(H,23,25). The van der Waals surface area contributed by atoms with Crippen molar-refractivity contribution in [3.63, 3.8) is 0 Å². The van der Waals surface area contributed by atoms with E-state index in [0.29, 0.717) is 5.56 Å². The summed E-state index contributed by atoms with van der Waals surface area (Å²) in [7, 11) is 0. The molecule has 1 aromatic heterocycles. The Balaban J connectivity index is 1.93. The van der Waals surface area contributed by atoms with Gasteiger partial charge in [-0.05, 0) is 49.4 Å². The molecule has 8 heteroatoms. The molecule has 0 atom stereocenters. The van der Waals surface area contributed by atoms with Crippen LogP contribution in [0.5, 0.6) is 0 Å². The van der Waals surface area contributed by atoms with Crippen molar-refractivity contribution in [2.24, 2.45) is 0 Å². The number of amides is 2. The average Bonchev–Trinajstić information content (AvgIpc) is 2.99. The molecular weight excluding hydrogens is 365 g/mol. The van der Waals surface area contributed by atoms with Gasteiger partial charge >= 0.3 is 6.18 Å². The molecule has 0 fully saturated rings. The van der Waals surface area contributed by atoms with Crippen LogP contribution in [0.3, 0.4) is 0 Å². The van der Waals surface area contributed by atoms with Gasteiger partial charge in [0.25, 0.3) is 5.91 Å². The first-order chi connectivity index (χ1) is 12.3. The van der Waals surface area contributed by atoms with E-state index in [4.69, 9.17) is 0 Å². The number of benzene rings is 1. The van der Waals surface area contributed by atoms with Crippen molar-refractivity contribution in [3.8, 4) is 0 Å². The summed E-state index contributed by atoms with van der Waals surface area (Å²) in [4.78, 5) is 25.1. The maximum Gasteiger partial charge on any atom is 0.416 e. The number of alkyl halides is 3. The highest BCUT2D eigenvalue weighted by Crippen LogP contribution is 2.35. The van der Waals surface area contributed by atoms with E-state index in [1.165, 1.54) is 18.3 Å². The fraction of sp³-hybridized carbons (Fsp3) is 0.333. The second-order valence-corrected chi connectivity index (χ2v) is 7.12. The van der Waals surface area contributed by atoms with Crippen molar-refractivity contribution in [2.45, 2.75) is 38.8 Å². The molecule has 0 radical (unpaired) electrons. The minimum Gasteiger partial charge on any atom is -0.325 e. The molecule has 1 aliphatic rings. The minimum atomic E-state index is -4.55. The van der Waals surface area contributed by atoms with Gasteiger partial charge in [-0.3, -0.25) is 9.59 Å². The fourth-order valence-electron chi connectivity index (χ4n) is 3.00. The Morgan fingerprint density at radius 1 is 1.08 bits per heavy atom. The van der Waals surface area contributed by atoms with Crippen molar-refractivity contribution >= 4 is 34.5 Å². The van der Waals surface area contributed by atoms with Crippen molar-refractivity contribution < 1.29 is 22.8 Å². The Hall–Kier alpha value is -2.35. The van der Waals surface area contributed by atoms with Gasteiger partial charge in [0.1, 0.15) is 0 Å². The summed E-state index contributed by atoms with van der Waals surface area (Å²) < 4.78 is 39.0. The van der Waals surface area contributed by atoms with Gasteiger partial charge in [-0.1, -0.05) is 0 Å². The predicted molar refractivity (Wildman–Crippen MR) is 94.7 cm³/mol. The van der Waals surface area contributed by atoms with Gasteiger partial charge < -0.3 is 10.6 Å². The Morgan fingerprint density at radius 2 is 1.81 bits per heavy atom. The molecule has 2 N–H and O–H groups in total. The SMILES string of the molecule is CC(=O)Nc1ccc(C(F)(F)F)cc1NC(=O)c1csc2c1CCCC2. The number of hydrogen-bond donors (Lipinski definition) is 2. The van der Waals surface area contributed by atoms with Crippen LogP contribution < -0.4 is 10.6 Å². The lowest BCUT2D eigenvalue weighted by atomic mass is 9.95. The van der Waals surface area contributed by atoms with E-state index in [1.54, 1.807) is 5.38 Å². The summed E-state index contributed by atoms with van der Waals surface area (Å²) in [6.07, 6.45) is -0.758. The summed E-state index contributed by atoms with van der Waals surface area (Å²) in [5.41, 5.74) is 0.635. The quantitative estimate of drug-likeness (QED) is 0.797. The molecule has 1 aliphatic carbocycles. The predicted octanol–water partition coefficient (Wildman–Crippen LogP) is 4.86. The van der Waals surface area contributed by atoms with Gasteiger partial charge in [-0.2, -0.15) is 13.2 Å². The molecule has 138 valence electrons. The number of anilines is 2. The van der Waals surface area contributed by atoms with E-state index < -0.39 is 23.6 Å². The number of hydrogen-bond acceptors (Lipinski definition) is 3. The number of carbonyl (C=O) groups is 2. The van der Waals surface area contributed by atoms with Crippen molar-refractivity contribution in [2.75, 3.05) is 10.6 Å². The first-order valence-corrected chi connectivity index (χ1v) is 9.03. The van der Waals surface area contributed by atoms with Gasteiger partial charge in [0.05, 0.1) is 22.5 Å². The van der Waals surface area contributed by atoms with Gasteiger partial charge in [-0.15, -0.1) is 11.3 Å². The van der Waals surface area contributed by atoms with Gasteiger partial charge in [-0.25, -0.2) is 0 Å². The topological polar surface area (TPSA) is 58.2 Å². The summed E-state index contributed by atoms with van der Waals surface area (Å²) >= 11 is 1.50. The summed E-state index contributed by atoms with van der Waals surface area (Å²) in [6, 6.07) is 2.85. The highest BCUT2D eigenvalue weighted by Gasteiger charge is 2.31. The second kappa shape index (κ2) is 7.11. The molecule has 1 heterocycles. The first kappa shape index (κ1) is 18.4. The van der Waals surface area contributed by atoms with Crippen molar-refractivity contribution in [1.82, 2.24) is 0 Å². The van der Waals surface area contributed by atoms with E-state index in [1.807, 2.05) is 0 Å². The molecule has 0 unspecified atom stereocenters. The molecule has 3 rings (SSSR count). The normalized spacial score (nSPS) is 13.8. The fourth-order valence-corrected chi connectivity index (χ4v) is 4.12. The maximum absolute atomic E-state index is 13.0. The largest absolute Gasteiger partial charge is 0.416 e. The third-order valence-electron chi connectivity index (χ3n) is 4.21. The minimum absolute atomic E-state index is 0.0733. The van der Waals surface area contributed by atoms with E-state index in [9.17, 15) is 22.8 Å². The number of aryl methyl sites for hydroxylation is 1. The summed E-state index contributed by atoms with van der Waals surface area (Å²) in [5, 5.41) is 6.73. The van der Waals surface area contributed by atoms with Crippen LogP contribution in [0.25, 0.3) is 0 Å². The molecule has 1 aromatic carbocycles. The molecule has 26 heavy (non-hydrogen) atoms. The number of halogens is 3. The molecule has 2 amide bonds. The molecule has 0 bridgehead atoms. The maximum atomic E-state index is 13.0. The Morgan fingerprint density at radius 3 is 2.50 bits per heavy atom. The van der Waals surface area contributed by atoms with Crippen LogP contribution in [-0.4, -0.2) is 11.8 Å². The third-order valence-corrected chi connectivity index (χ3v) is 5.30. The lowest BCUT2D eigenvalue weighted by molar-refractivity contribution is -0.137. The molecular formula is C18H17F3N2O2S. The van der Waals surface area contributed by atoms with Crippen LogP contribution in [0.15, 0.2) is 23.6 Å². The van der Waals surface area contributed by atoms with Crippen LogP contribution in [-0.2, 0) is 23.8 Å². The molecule has 2 aromatic rings. The second-order valence-electron chi connectivity index (χ2n) is 6.15. The van der Waals surface area contributed by atoms with Crippen molar-refractivity contribution in [1.29, 1.82) is 0 Å². The number of rotatable bonds is 3. The van der Waals surface area contributed by atoms with Crippen LogP contribution in [0.4, 0.5) is 24.5 Å². The zero-order valence-corrected chi connectivity index (χ0v) is 14.8. The third kappa shape index (κ3) is 3.90. The van der Waals surface area contributed by atoms with Crippen LogP contribution in [0, 0.1) is 0 Å². The van der Waals surface area contributed by atoms with Crippen LogP contribution in [0.2, 0.25) is 0 Å². The molecule has 0 aliphatic heterocycles. The monoisotopic (exact) mass is 382 g/mol. The Bertz CT molecular complexity index is 859. The number of thiophene rings is 1. The lowest BCUT2D eigenvalue weighted by Crippen LogP contribution is -2.17. The van der Waals surface area contributed by atoms with E-state index in [0.717, 1.165) is 54.3 Å². The Kier molecular flexibility index (Phi) is 5.04. The van der Waals surface area contributed by atoms with E-state index in [2.05, 4.69) is 10.6 Å². The Labute approximate surface area is 152 Å². The molecule has 4 nitrogen and oxygen atoms in total. The number of fused-ring (bicyclic) bond motifs is 1. The van der Waals surface area contributed by atoms with Crippen LogP contribution >= 0.6 is 11.3 Å². The zero-order chi connectivity index (χ0) is 18.9. The summed E-state index contributed by atoms with van der Waals surface area (Å²) in [6.45, 7) is 1.25. The van der Waals surface area contributed by atoms with E-state index in [-0.39, 0.29) is 11.4 Å². The average molecular weight is 382 g/mol. The first-order valence-electron chi connectivity index (χ1n) is 8.15. The van der Waals surface area contributed by atoms with Crippen molar-refractivity contribution in [3.05, 3.63) is 45.1 Å². The van der Waals surface area contributed by atoms with Gasteiger partial charge in [0, 0.05) is 17.2 Å². The van der Waals surface area contributed by atoms with Crippen LogP contribution in [0.1, 0.15) is 46.1 Å². The van der Waals surface area contributed by atoms with E-state index >= 15 is 0 Å². The van der Waals surface area contributed by atoms with Gasteiger partial charge in [0.2, 0.25) is 5.91 Å². The highest BCUT2D eigenvalue weighted by atomic mass is 32.1. The summed E-state index contributed by atoms with van der Waals surface area (Å²) in [5.74, 6) is -0.900. The van der Waals surface area contributed by atoms with Gasteiger partial charge in [0.15, 0.2) is 0 Å². The lowest BCUT2D eigenvalue weighted by Gasteiger charge is -2.16. The molecule has 0 saturated heterocycles.